The minimum atomic E-state index is 0.217. The van der Waals surface area contributed by atoms with E-state index >= 15 is 0 Å². The Kier molecular flexibility index (Phi) is 4.38. The van der Waals surface area contributed by atoms with Gasteiger partial charge in [-0.05, 0) is 42.7 Å². The summed E-state index contributed by atoms with van der Waals surface area (Å²) in [7, 11) is 0. The van der Waals surface area contributed by atoms with E-state index in [-0.39, 0.29) is 5.38 Å². The highest BCUT2D eigenvalue weighted by atomic mass is 35.5. The monoisotopic (exact) mass is 270 g/mol. The topological polar surface area (TPSA) is 0 Å². The first-order chi connectivity index (χ1) is 8.18. The summed E-state index contributed by atoms with van der Waals surface area (Å²) < 4.78 is 0. The van der Waals surface area contributed by atoms with E-state index in [9.17, 15) is 0 Å². The molecule has 0 nitrogen and oxygen atoms in total. The average molecular weight is 271 g/mol. The Morgan fingerprint density at radius 3 is 2.47 bits per heavy atom. The Labute approximate surface area is 114 Å². The first kappa shape index (κ1) is 13.2. The summed E-state index contributed by atoms with van der Waals surface area (Å²) in [6, 6.07) is 8.06. The summed E-state index contributed by atoms with van der Waals surface area (Å²) in [4.78, 5) is 0. The molecule has 0 bridgehead atoms. The molecular weight excluding hydrogens is 251 g/mol. The molecule has 1 saturated carbocycles. The van der Waals surface area contributed by atoms with Crippen LogP contribution < -0.4 is 0 Å². The van der Waals surface area contributed by atoms with Crippen LogP contribution in [-0.2, 0) is 6.42 Å². The van der Waals surface area contributed by atoms with Crippen LogP contribution in [-0.4, -0.2) is 5.38 Å². The summed E-state index contributed by atoms with van der Waals surface area (Å²) in [5, 5.41) is 1.07. The summed E-state index contributed by atoms with van der Waals surface area (Å²) in [6.07, 6.45) is 7.31. The molecule has 0 amide bonds. The Balaban J connectivity index is 2.10. The van der Waals surface area contributed by atoms with E-state index in [1.807, 2.05) is 18.2 Å². The second-order valence-corrected chi connectivity index (χ2v) is 6.12. The third-order valence-corrected chi connectivity index (χ3v) is 5.31. The second kappa shape index (κ2) is 5.63. The number of halogens is 2. The zero-order valence-corrected chi connectivity index (χ0v) is 11.9. The summed E-state index contributed by atoms with van der Waals surface area (Å²) in [5.74, 6) is 0. The van der Waals surface area contributed by atoms with Crippen molar-refractivity contribution >= 4 is 23.2 Å². The van der Waals surface area contributed by atoms with Gasteiger partial charge in [-0.3, -0.25) is 0 Å². The van der Waals surface area contributed by atoms with Crippen LogP contribution in [0.3, 0.4) is 0 Å². The van der Waals surface area contributed by atoms with E-state index in [1.165, 1.54) is 37.7 Å². The molecule has 2 heteroatoms. The molecule has 1 aromatic rings. The van der Waals surface area contributed by atoms with Gasteiger partial charge in [0, 0.05) is 10.4 Å². The third-order valence-electron chi connectivity index (χ3n) is 4.32. The summed E-state index contributed by atoms with van der Waals surface area (Å²) >= 11 is 12.9. The second-order valence-electron chi connectivity index (χ2n) is 5.19. The van der Waals surface area contributed by atoms with E-state index < -0.39 is 0 Å². The maximum Gasteiger partial charge on any atom is 0.0438 e. The summed E-state index contributed by atoms with van der Waals surface area (Å²) in [6.45, 7) is 2.27. The lowest BCUT2D eigenvalue weighted by atomic mass is 9.78. The van der Waals surface area contributed by atoms with E-state index in [0.717, 1.165) is 11.4 Å². The number of rotatable bonds is 4. The molecule has 1 unspecified atom stereocenters. The molecule has 0 spiro atoms. The maximum atomic E-state index is 6.69. The molecule has 0 saturated heterocycles. The van der Waals surface area contributed by atoms with Crippen molar-refractivity contribution < 1.29 is 0 Å². The molecule has 17 heavy (non-hydrogen) atoms. The van der Waals surface area contributed by atoms with Crippen LogP contribution in [0.25, 0.3) is 0 Å². The molecule has 1 aliphatic rings. The van der Waals surface area contributed by atoms with Gasteiger partial charge >= 0.3 is 0 Å². The van der Waals surface area contributed by atoms with Crippen LogP contribution in [0.15, 0.2) is 24.3 Å². The van der Waals surface area contributed by atoms with Crippen LogP contribution in [0.5, 0.6) is 0 Å². The zero-order valence-electron chi connectivity index (χ0n) is 10.4. The van der Waals surface area contributed by atoms with Crippen molar-refractivity contribution in [1.82, 2.24) is 0 Å². The van der Waals surface area contributed by atoms with Crippen LogP contribution in [0.4, 0.5) is 0 Å². The number of hydrogen-bond donors (Lipinski definition) is 0. The molecule has 1 atom stereocenters. The standard InChI is InChI=1S/C15H20Cl2/c1-2-15(9-5-6-10-15)14(17)11-12-7-3-4-8-13(12)16/h3-4,7-8,14H,2,5-6,9-11H2,1H3. The highest BCUT2D eigenvalue weighted by Gasteiger charge is 2.38. The first-order valence-electron chi connectivity index (χ1n) is 6.55. The number of hydrogen-bond acceptors (Lipinski definition) is 0. The molecule has 0 heterocycles. The highest BCUT2D eigenvalue weighted by molar-refractivity contribution is 6.31. The van der Waals surface area contributed by atoms with Crippen LogP contribution >= 0.6 is 23.2 Å². The Morgan fingerprint density at radius 1 is 1.24 bits per heavy atom. The largest absolute Gasteiger partial charge is 0.122 e. The van der Waals surface area contributed by atoms with Crippen molar-refractivity contribution in [2.24, 2.45) is 5.41 Å². The van der Waals surface area contributed by atoms with Crippen LogP contribution in [0.2, 0.25) is 5.02 Å². The van der Waals surface area contributed by atoms with Crippen molar-refractivity contribution in [1.29, 1.82) is 0 Å². The van der Waals surface area contributed by atoms with E-state index in [0.29, 0.717) is 5.41 Å². The molecule has 2 rings (SSSR count). The Hall–Kier alpha value is -0.200. The molecule has 1 aromatic carbocycles. The predicted molar refractivity (Wildman–Crippen MR) is 76.0 cm³/mol. The lowest BCUT2D eigenvalue weighted by Crippen LogP contribution is -2.29. The van der Waals surface area contributed by atoms with Gasteiger partial charge in [-0.25, -0.2) is 0 Å². The average Bonchev–Trinajstić information content (AvgIpc) is 2.82. The highest BCUT2D eigenvalue weighted by Crippen LogP contribution is 2.47. The molecule has 0 aromatic heterocycles. The predicted octanol–water partition coefficient (Wildman–Crippen LogP) is 5.46. The van der Waals surface area contributed by atoms with Gasteiger partial charge in [-0.2, -0.15) is 0 Å². The molecule has 0 radical (unpaired) electrons. The number of benzene rings is 1. The fraction of sp³-hybridized carbons (Fsp3) is 0.600. The van der Waals surface area contributed by atoms with Gasteiger partial charge in [0.05, 0.1) is 0 Å². The zero-order chi connectivity index (χ0) is 12.3. The van der Waals surface area contributed by atoms with Crippen molar-refractivity contribution in [3.05, 3.63) is 34.9 Å². The van der Waals surface area contributed by atoms with E-state index in [2.05, 4.69) is 13.0 Å². The van der Waals surface area contributed by atoms with E-state index in [1.54, 1.807) is 0 Å². The lowest BCUT2D eigenvalue weighted by Gasteiger charge is -2.33. The molecule has 1 fully saturated rings. The summed E-state index contributed by atoms with van der Waals surface area (Å²) in [5.41, 5.74) is 1.54. The van der Waals surface area contributed by atoms with Crippen molar-refractivity contribution in [3.8, 4) is 0 Å². The van der Waals surface area contributed by atoms with Gasteiger partial charge < -0.3 is 0 Å². The normalized spacial score (nSPS) is 20.4. The fourth-order valence-corrected chi connectivity index (χ4v) is 3.79. The van der Waals surface area contributed by atoms with Gasteiger partial charge in [0.2, 0.25) is 0 Å². The number of alkyl halides is 1. The van der Waals surface area contributed by atoms with Gasteiger partial charge in [-0.1, -0.05) is 49.6 Å². The molecule has 94 valence electrons. The van der Waals surface area contributed by atoms with Crippen molar-refractivity contribution in [2.45, 2.75) is 50.8 Å². The van der Waals surface area contributed by atoms with Crippen LogP contribution in [0, 0.1) is 5.41 Å². The molecule has 0 N–H and O–H groups in total. The molecular formula is C15H20Cl2. The van der Waals surface area contributed by atoms with Crippen molar-refractivity contribution in [2.75, 3.05) is 0 Å². The smallest absolute Gasteiger partial charge is 0.0438 e. The van der Waals surface area contributed by atoms with Gasteiger partial charge in [0.1, 0.15) is 0 Å². The quantitative estimate of drug-likeness (QED) is 0.638. The third kappa shape index (κ3) is 2.80. The SMILES string of the molecule is CCC1(C(Cl)Cc2ccccc2Cl)CCCC1. The van der Waals surface area contributed by atoms with Crippen molar-refractivity contribution in [3.63, 3.8) is 0 Å². The van der Waals surface area contributed by atoms with Crippen LogP contribution in [0.1, 0.15) is 44.6 Å². The molecule has 1 aliphatic carbocycles. The fourth-order valence-electron chi connectivity index (χ4n) is 3.04. The van der Waals surface area contributed by atoms with E-state index in [4.69, 9.17) is 23.2 Å². The van der Waals surface area contributed by atoms with Gasteiger partial charge in [-0.15, -0.1) is 11.6 Å². The maximum absolute atomic E-state index is 6.69. The minimum Gasteiger partial charge on any atom is -0.122 e. The lowest BCUT2D eigenvalue weighted by molar-refractivity contribution is 0.267. The molecule has 0 aliphatic heterocycles. The van der Waals surface area contributed by atoms with Gasteiger partial charge in [0.25, 0.3) is 0 Å². The minimum absolute atomic E-state index is 0.217. The van der Waals surface area contributed by atoms with Gasteiger partial charge in [0.15, 0.2) is 0 Å². The first-order valence-corrected chi connectivity index (χ1v) is 7.37. The Bertz CT molecular complexity index is 367. The Morgan fingerprint density at radius 2 is 1.88 bits per heavy atom.